The van der Waals surface area contributed by atoms with Crippen molar-refractivity contribution in [2.75, 3.05) is 0 Å². The van der Waals surface area contributed by atoms with E-state index in [1.807, 2.05) is 0 Å². The van der Waals surface area contributed by atoms with Crippen molar-refractivity contribution in [3.05, 3.63) is 0 Å². The van der Waals surface area contributed by atoms with E-state index in [9.17, 15) is 10.2 Å². The molecule has 0 heterocycles. The van der Waals surface area contributed by atoms with E-state index in [0.29, 0.717) is 12.1 Å². The van der Waals surface area contributed by atoms with Gasteiger partial charge in [-0.2, -0.15) is 0 Å². The van der Waals surface area contributed by atoms with Gasteiger partial charge in [0.15, 0.2) is 0 Å². The Balaban J connectivity index is 1.78. The van der Waals surface area contributed by atoms with Crippen molar-refractivity contribution in [2.45, 2.75) is 74.9 Å². The van der Waals surface area contributed by atoms with Crippen LogP contribution in [-0.4, -0.2) is 46.6 Å². The molecule has 0 aromatic rings. The van der Waals surface area contributed by atoms with E-state index in [0.717, 1.165) is 38.5 Å². The smallest absolute Gasteiger partial charge is 0.0705 e. The number of aliphatic hydroxyl groups is 2. The molecule has 0 bridgehead atoms. The molecule has 0 saturated heterocycles. The maximum Gasteiger partial charge on any atom is 0.0705 e. The van der Waals surface area contributed by atoms with Crippen molar-refractivity contribution in [1.82, 2.24) is 5.32 Å². The Bertz CT molecular complexity index is 228. The van der Waals surface area contributed by atoms with E-state index < -0.39 is 12.2 Å². The van der Waals surface area contributed by atoms with E-state index in [2.05, 4.69) is 5.32 Å². The fourth-order valence-electron chi connectivity index (χ4n) is 2.98. The summed E-state index contributed by atoms with van der Waals surface area (Å²) in [6, 6.07) is 0.518. The minimum Gasteiger partial charge on any atom is -0.391 e. The van der Waals surface area contributed by atoms with Gasteiger partial charge in [0.2, 0.25) is 0 Å². The van der Waals surface area contributed by atoms with E-state index in [-0.39, 0.29) is 12.1 Å². The zero-order valence-electron chi connectivity index (χ0n) is 10.3. The van der Waals surface area contributed by atoms with Gasteiger partial charge in [0.1, 0.15) is 0 Å². The van der Waals surface area contributed by atoms with Gasteiger partial charge in [-0.05, 0) is 38.5 Å². The second kappa shape index (κ2) is 5.63. The Morgan fingerprint density at radius 2 is 1.18 bits per heavy atom. The van der Waals surface area contributed by atoms with Gasteiger partial charge in [-0.25, -0.2) is 0 Å². The molecule has 7 N–H and O–H groups in total. The van der Waals surface area contributed by atoms with E-state index in [1.165, 1.54) is 0 Å². The average molecular weight is 243 g/mol. The number of nitrogens with one attached hydrogen (secondary N) is 1. The van der Waals surface area contributed by atoms with Crippen LogP contribution < -0.4 is 16.8 Å². The molecule has 0 radical (unpaired) electrons. The summed E-state index contributed by atoms with van der Waals surface area (Å²) in [6.45, 7) is 0. The molecule has 0 spiro atoms. The van der Waals surface area contributed by atoms with Crippen molar-refractivity contribution in [3.8, 4) is 0 Å². The number of rotatable bonds is 2. The largest absolute Gasteiger partial charge is 0.391 e. The minimum atomic E-state index is -0.392. The first-order valence-corrected chi connectivity index (χ1v) is 6.69. The fourth-order valence-corrected chi connectivity index (χ4v) is 2.98. The third-order valence-electron chi connectivity index (χ3n) is 4.21. The van der Waals surface area contributed by atoms with Gasteiger partial charge in [-0.3, -0.25) is 0 Å². The lowest BCUT2D eigenvalue weighted by atomic mass is 9.85. The molecule has 2 aliphatic rings. The van der Waals surface area contributed by atoms with Crippen LogP contribution in [0.25, 0.3) is 0 Å². The first-order chi connectivity index (χ1) is 8.06. The van der Waals surface area contributed by atoms with Gasteiger partial charge in [-0.1, -0.05) is 0 Å². The summed E-state index contributed by atoms with van der Waals surface area (Å²) >= 11 is 0. The monoisotopic (exact) mass is 243 g/mol. The second-order valence-corrected chi connectivity index (χ2v) is 5.65. The molecule has 0 aliphatic heterocycles. The molecule has 2 aliphatic carbocycles. The van der Waals surface area contributed by atoms with Crippen LogP contribution in [0, 0.1) is 0 Å². The lowest BCUT2D eigenvalue weighted by molar-refractivity contribution is 0.0670. The standard InChI is InChI=1S/C12H25N3O2/c13-9-3-1-7(5-11(9)16)15-8-2-4-10(14)12(17)6-8/h7-12,15-17H,1-6,13-14H2. The molecule has 6 unspecified atom stereocenters. The van der Waals surface area contributed by atoms with Crippen LogP contribution in [0.3, 0.4) is 0 Å². The first kappa shape index (κ1) is 13.2. The summed E-state index contributed by atoms with van der Waals surface area (Å²) in [5, 5.41) is 23.0. The van der Waals surface area contributed by atoms with Crippen LogP contribution in [0.4, 0.5) is 0 Å². The van der Waals surface area contributed by atoms with Gasteiger partial charge < -0.3 is 27.0 Å². The molecule has 2 saturated carbocycles. The highest BCUT2D eigenvalue weighted by atomic mass is 16.3. The molecule has 0 amide bonds. The number of hydrogen-bond acceptors (Lipinski definition) is 5. The minimum absolute atomic E-state index is 0.0709. The Morgan fingerprint density at radius 3 is 1.53 bits per heavy atom. The second-order valence-electron chi connectivity index (χ2n) is 5.65. The first-order valence-electron chi connectivity index (χ1n) is 6.69. The van der Waals surface area contributed by atoms with Crippen molar-refractivity contribution in [1.29, 1.82) is 0 Å². The Morgan fingerprint density at radius 1 is 0.765 bits per heavy atom. The topological polar surface area (TPSA) is 105 Å². The van der Waals surface area contributed by atoms with Crippen molar-refractivity contribution >= 4 is 0 Å². The highest BCUT2D eigenvalue weighted by molar-refractivity contribution is 4.91. The summed E-state index contributed by atoms with van der Waals surface area (Å²) < 4.78 is 0. The van der Waals surface area contributed by atoms with Crippen LogP contribution in [-0.2, 0) is 0 Å². The van der Waals surface area contributed by atoms with E-state index >= 15 is 0 Å². The third kappa shape index (κ3) is 3.39. The summed E-state index contributed by atoms with van der Waals surface area (Å²) in [4.78, 5) is 0. The average Bonchev–Trinajstić information content (AvgIpc) is 2.29. The van der Waals surface area contributed by atoms with Crippen LogP contribution in [0.15, 0.2) is 0 Å². The van der Waals surface area contributed by atoms with Gasteiger partial charge in [-0.15, -0.1) is 0 Å². The van der Waals surface area contributed by atoms with Crippen molar-refractivity contribution in [2.24, 2.45) is 11.5 Å². The summed E-state index contributed by atoms with van der Waals surface area (Å²) in [5.74, 6) is 0. The number of aliphatic hydroxyl groups excluding tert-OH is 2. The Labute approximate surface area is 103 Å². The Kier molecular flexibility index (Phi) is 4.38. The summed E-state index contributed by atoms with van der Waals surface area (Å²) in [6.07, 6.45) is 4.42. The highest BCUT2D eigenvalue weighted by Crippen LogP contribution is 2.22. The normalized spacial score (nSPS) is 48.0. The van der Waals surface area contributed by atoms with Gasteiger partial charge in [0, 0.05) is 24.2 Å². The van der Waals surface area contributed by atoms with Gasteiger partial charge in [0.25, 0.3) is 0 Å². The van der Waals surface area contributed by atoms with Crippen molar-refractivity contribution in [3.63, 3.8) is 0 Å². The molecule has 2 fully saturated rings. The molecule has 100 valence electrons. The molecule has 5 nitrogen and oxygen atoms in total. The van der Waals surface area contributed by atoms with Crippen molar-refractivity contribution < 1.29 is 10.2 Å². The SMILES string of the molecule is NC1CCC(NC2CCC(N)C(O)C2)CC1O. The molecule has 0 aromatic carbocycles. The zero-order valence-corrected chi connectivity index (χ0v) is 10.3. The summed E-state index contributed by atoms with van der Waals surface area (Å²) in [5.41, 5.74) is 11.6. The van der Waals surface area contributed by atoms with E-state index in [1.54, 1.807) is 0 Å². The van der Waals surface area contributed by atoms with Crippen LogP contribution in [0.2, 0.25) is 0 Å². The fraction of sp³-hybridized carbons (Fsp3) is 1.00. The molecule has 17 heavy (non-hydrogen) atoms. The maximum absolute atomic E-state index is 9.74. The number of nitrogens with two attached hydrogens (primary N) is 2. The summed E-state index contributed by atoms with van der Waals surface area (Å²) in [7, 11) is 0. The predicted octanol–water partition coefficient (Wildman–Crippen LogP) is -0.943. The van der Waals surface area contributed by atoms with Crippen LogP contribution in [0.5, 0.6) is 0 Å². The molecule has 6 atom stereocenters. The molecule has 0 aromatic heterocycles. The third-order valence-corrected chi connectivity index (χ3v) is 4.21. The van der Waals surface area contributed by atoms with Crippen LogP contribution in [0.1, 0.15) is 38.5 Å². The lowest BCUT2D eigenvalue weighted by Crippen LogP contribution is -2.52. The van der Waals surface area contributed by atoms with Crippen LogP contribution >= 0.6 is 0 Å². The Hall–Kier alpha value is -0.200. The van der Waals surface area contributed by atoms with Gasteiger partial charge >= 0.3 is 0 Å². The highest BCUT2D eigenvalue weighted by Gasteiger charge is 2.31. The predicted molar refractivity (Wildman–Crippen MR) is 66.4 cm³/mol. The van der Waals surface area contributed by atoms with Gasteiger partial charge in [0.05, 0.1) is 12.2 Å². The lowest BCUT2D eigenvalue weighted by Gasteiger charge is -2.37. The molecule has 5 heteroatoms. The zero-order chi connectivity index (χ0) is 12.4. The number of hydrogen-bond donors (Lipinski definition) is 5. The molecular weight excluding hydrogens is 218 g/mol. The molecular formula is C12H25N3O2. The quantitative estimate of drug-likeness (QED) is 0.430. The van der Waals surface area contributed by atoms with E-state index in [4.69, 9.17) is 11.5 Å². The maximum atomic E-state index is 9.74. The molecule has 2 rings (SSSR count).